The molecule has 3 rings (SSSR count). The molecular formula is C19H11F5. The Labute approximate surface area is 135 Å². The second kappa shape index (κ2) is 6.43. The summed E-state index contributed by atoms with van der Waals surface area (Å²) in [7, 11) is 0. The summed E-state index contributed by atoms with van der Waals surface area (Å²) in [5, 5.41) is 0. The molecule has 0 saturated heterocycles. The van der Waals surface area contributed by atoms with Crippen molar-refractivity contribution in [2.75, 3.05) is 0 Å². The molecule has 0 aliphatic heterocycles. The third-order valence-electron chi connectivity index (χ3n) is 3.62. The van der Waals surface area contributed by atoms with Crippen molar-refractivity contribution in [2.45, 2.75) is 5.92 Å². The summed E-state index contributed by atoms with van der Waals surface area (Å²) >= 11 is 0. The lowest BCUT2D eigenvalue weighted by Crippen LogP contribution is -2.06. The number of hydrogen-bond donors (Lipinski definition) is 0. The average molecular weight is 334 g/mol. The Balaban J connectivity index is 2.24. The summed E-state index contributed by atoms with van der Waals surface area (Å²) < 4.78 is 68.0. The quantitative estimate of drug-likeness (QED) is 0.434. The van der Waals surface area contributed by atoms with Crippen LogP contribution < -0.4 is 0 Å². The minimum atomic E-state index is -0.920. The number of rotatable bonds is 3. The van der Waals surface area contributed by atoms with Crippen LogP contribution in [0.5, 0.6) is 0 Å². The van der Waals surface area contributed by atoms with Gasteiger partial charge < -0.3 is 0 Å². The minimum absolute atomic E-state index is 0.128. The van der Waals surface area contributed by atoms with Crippen molar-refractivity contribution < 1.29 is 22.0 Å². The number of halogens is 5. The molecule has 0 fully saturated rings. The van der Waals surface area contributed by atoms with E-state index in [1.807, 2.05) is 0 Å². The van der Waals surface area contributed by atoms with Crippen LogP contribution in [0.4, 0.5) is 22.0 Å². The van der Waals surface area contributed by atoms with Crippen molar-refractivity contribution in [3.63, 3.8) is 0 Å². The van der Waals surface area contributed by atoms with E-state index < -0.39 is 35.0 Å². The van der Waals surface area contributed by atoms with E-state index in [1.165, 1.54) is 18.2 Å². The first-order valence-electron chi connectivity index (χ1n) is 7.10. The molecule has 0 aliphatic rings. The highest BCUT2D eigenvalue weighted by molar-refractivity contribution is 5.43. The largest absolute Gasteiger partial charge is 0.207 e. The third-order valence-corrected chi connectivity index (χ3v) is 3.62. The van der Waals surface area contributed by atoms with Crippen molar-refractivity contribution in [2.24, 2.45) is 0 Å². The smallest absolute Gasteiger partial charge is 0.126 e. The van der Waals surface area contributed by atoms with Crippen LogP contribution in [0.15, 0.2) is 60.7 Å². The van der Waals surface area contributed by atoms with E-state index in [-0.39, 0.29) is 11.1 Å². The van der Waals surface area contributed by atoms with Gasteiger partial charge in [-0.1, -0.05) is 12.1 Å². The van der Waals surface area contributed by atoms with Crippen LogP contribution in [-0.4, -0.2) is 0 Å². The number of hydrogen-bond acceptors (Lipinski definition) is 0. The molecule has 0 heterocycles. The lowest BCUT2D eigenvalue weighted by atomic mass is 9.85. The number of benzene rings is 3. The van der Waals surface area contributed by atoms with Crippen molar-refractivity contribution >= 4 is 0 Å². The molecule has 0 bridgehead atoms. The van der Waals surface area contributed by atoms with Crippen molar-refractivity contribution in [1.82, 2.24) is 0 Å². The van der Waals surface area contributed by atoms with E-state index in [0.717, 1.165) is 30.3 Å². The molecule has 3 aromatic carbocycles. The topological polar surface area (TPSA) is 0 Å². The van der Waals surface area contributed by atoms with Crippen LogP contribution in [-0.2, 0) is 0 Å². The van der Waals surface area contributed by atoms with Gasteiger partial charge in [0.25, 0.3) is 0 Å². The molecule has 0 spiro atoms. The zero-order valence-corrected chi connectivity index (χ0v) is 12.2. The van der Waals surface area contributed by atoms with Gasteiger partial charge in [-0.15, -0.1) is 0 Å². The zero-order valence-electron chi connectivity index (χ0n) is 12.2. The first-order valence-corrected chi connectivity index (χ1v) is 7.10. The van der Waals surface area contributed by atoms with Crippen LogP contribution in [0.1, 0.15) is 22.6 Å². The van der Waals surface area contributed by atoms with Gasteiger partial charge in [-0.3, -0.25) is 0 Å². The van der Waals surface area contributed by atoms with Gasteiger partial charge in [-0.05, 0) is 53.1 Å². The second-order valence-electron chi connectivity index (χ2n) is 5.39. The van der Waals surface area contributed by atoms with Gasteiger partial charge in [-0.25, -0.2) is 22.0 Å². The van der Waals surface area contributed by atoms with Crippen LogP contribution in [0.3, 0.4) is 0 Å². The van der Waals surface area contributed by atoms with Crippen LogP contribution in [0.2, 0.25) is 0 Å². The molecule has 0 amide bonds. The summed E-state index contributed by atoms with van der Waals surface area (Å²) in [4.78, 5) is 0. The van der Waals surface area contributed by atoms with Crippen molar-refractivity contribution in [3.05, 3.63) is 106 Å². The fourth-order valence-corrected chi connectivity index (χ4v) is 2.75. The summed E-state index contributed by atoms with van der Waals surface area (Å²) in [5.74, 6) is -4.81. The van der Waals surface area contributed by atoms with Crippen LogP contribution in [0.25, 0.3) is 0 Å². The molecule has 0 saturated carbocycles. The molecule has 0 aromatic heterocycles. The Morgan fingerprint density at radius 2 is 0.875 bits per heavy atom. The van der Waals surface area contributed by atoms with Gasteiger partial charge >= 0.3 is 0 Å². The highest BCUT2D eigenvalue weighted by Crippen LogP contribution is 2.33. The van der Waals surface area contributed by atoms with E-state index in [1.54, 1.807) is 0 Å². The summed E-state index contributed by atoms with van der Waals surface area (Å²) in [6.45, 7) is 0. The molecule has 0 nitrogen and oxygen atoms in total. The molecule has 0 atom stereocenters. The third kappa shape index (κ3) is 3.45. The monoisotopic (exact) mass is 334 g/mol. The van der Waals surface area contributed by atoms with Crippen LogP contribution >= 0.6 is 0 Å². The molecule has 3 aromatic rings. The fraction of sp³-hybridized carbons (Fsp3) is 0.0526. The second-order valence-corrected chi connectivity index (χ2v) is 5.39. The van der Waals surface area contributed by atoms with Gasteiger partial charge in [0, 0.05) is 18.1 Å². The summed E-state index contributed by atoms with van der Waals surface area (Å²) in [6.07, 6.45) is 0. The maximum Gasteiger partial charge on any atom is 0.126 e. The summed E-state index contributed by atoms with van der Waals surface area (Å²) in [5.41, 5.74) is 0.580. The Morgan fingerprint density at radius 1 is 0.458 bits per heavy atom. The lowest BCUT2D eigenvalue weighted by Gasteiger charge is -2.19. The maximum atomic E-state index is 13.6. The van der Waals surface area contributed by atoms with E-state index >= 15 is 0 Å². The van der Waals surface area contributed by atoms with Crippen LogP contribution in [0, 0.1) is 29.1 Å². The normalized spacial score (nSPS) is 11.1. The SMILES string of the molecule is Fc1cccc(C(c2cc(F)cc(F)c2)c2cc(F)cc(F)c2)c1. The van der Waals surface area contributed by atoms with Gasteiger partial charge in [0.1, 0.15) is 29.1 Å². The van der Waals surface area contributed by atoms with Gasteiger partial charge in [-0.2, -0.15) is 0 Å². The van der Waals surface area contributed by atoms with Gasteiger partial charge in [0.05, 0.1) is 0 Å². The first kappa shape index (κ1) is 16.2. The lowest BCUT2D eigenvalue weighted by molar-refractivity contribution is 0.574. The Bertz CT molecular complexity index is 797. The predicted octanol–water partition coefficient (Wildman–Crippen LogP) is 5.56. The van der Waals surface area contributed by atoms with E-state index in [0.29, 0.717) is 17.7 Å². The predicted molar refractivity (Wildman–Crippen MR) is 80.1 cm³/mol. The molecule has 0 aliphatic carbocycles. The van der Waals surface area contributed by atoms with Gasteiger partial charge in [0.15, 0.2) is 0 Å². The van der Waals surface area contributed by atoms with Crippen molar-refractivity contribution in [3.8, 4) is 0 Å². The molecule has 24 heavy (non-hydrogen) atoms. The molecular weight excluding hydrogens is 323 g/mol. The molecule has 0 unspecified atom stereocenters. The molecule has 122 valence electrons. The van der Waals surface area contributed by atoms with E-state index in [2.05, 4.69) is 0 Å². The molecule has 0 radical (unpaired) electrons. The minimum Gasteiger partial charge on any atom is -0.207 e. The molecule has 5 heteroatoms. The van der Waals surface area contributed by atoms with E-state index in [4.69, 9.17) is 0 Å². The first-order chi connectivity index (χ1) is 11.4. The molecule has 0 N–H and O–H groups in total. The van der Waals surface area contributed by atoms with Gasteiger partial charge in [0.2, 0.25) is 0 Å². The Kier molecular flexibility index (Phi) is 4.34. The summed E-state index contributed by atoms with van der Waals surface area (Å²) in [6, 6.07) is 10.9. The maximum absolute atomic E-state index is 13.6. The highest BCUT2D eigenvalue weighted by Gasteiger charge is 2.20. The van der Waals surface area contributed by atoms with Crippen molar-refractivity contribution in [1.29, 1.82) is 0 Å². The average Bonchev–Trinajstić information content (AvgIpc) is 2.45. The van der Waals surface area contributed by atoms with E-state index in [9.17, 15) is 22.0 Å². The Morgan fingerprint density at radius 3 is 1.29 bits per heavy atom. The zero-order chi connectivity index (χ0) is 17.3. The Hall–Kier alpha value is -2.69. The standard InChI is InChI=1S/C19H11F5/c20-14-3-1-2-11(4-14)19(12-5-15(21)9-16(22)6-12)13-7-17(23)10-18(24)8-13/h1-10,19H. The highest BCUT2D eigenvalue weighted by atomic mass is 19.1. The fourth-order valence-electron chi connectivity index (χ4n) is 2.75.